The van der Waals surface area contributed by atoms with Crippen molar-refractivity contribution in [2.75, 3.05) is 0 Å². The lowest BCUT2D eigenvalue weighted by molar-refractivity contribution is -0.137. The van der Waals surface area contributed by atoms with Crippen molar-refractivity contribution in [3.63, 3.8) is 0 Å². The van der Waals surface area contributed by atoms with Crippen molar-refractivity contribution in [2.45, 2.75) is 13.1 Å². The maximum Gasteiger partial charge on any atom is 0.416 e. The number of alkyl halides is 3. The van der Waals surface area contributed by atoms with Gasteiger partial charge in [-0.3, -0.25) is 9.98 Å². The summed E-state index contributed by atoms with van der Waals surface area (Å²) in [6, 6.07) is 8.46. The largest absolute Gasteiger partial charge is 0.416 e. The average Bonchev–Trinajstić information content (AvgIpc) is 2.39. The number of hydrogen-bond donors (Lipinski definition) is 0. The van der Waals surface area contributed by atoms with E-state index in [2.05, 4.69) is 9.98 Å². The minimum Gasteiger partial charge on any atom is -0.262 e. The third-order valence-electron chi connectivity index (χ3n) is 2.57. The normalized spacial score (nSPS) is 12.5. The van der Waals surface area contributed by atoms with Gasteiger partial charge in [-0.25, -0.2) is 0 Å². The van der Waals surface area contributed by atoms with Crippen LogP contribution in [0.4, 0.5) is 18.9 Å². The van der Waals surface area contributed by atoms with Crippen LogP contribution in [-0.2, 0) is 6.18 Å². The van der Waals surface area contributed by atoms with Gasteiger partial charge in [0.1, 0.15) is 0 Å². The number of aliphatic imine (C=N–C) groups is 1. The predicted molar refractivity (Wildman–Crippen MR) is 67.6 cm³/mol. The SMILES string of the molecule is CC(=Nc1cccnc1)c1ccc(C(F)(F)F)cc1. The topological polar surface area (TPSA) is 25.2 Å². The molecule has 98 valence electrons. The van der Waals surface area contributed by atoms with E-state index in [1.54, 1.807) is 31.5 Å². The molecule has 0 N–H and O–H groups in total. The average molecular weight is 264 g/mol. The second-order valence-corrected chi connectivity index (χ2v) is 3.98. The minimum absolute atomic E-state index is 0.640. The van der Waals surface area contributed by atoms with Crippen LogP contribution in [0.2, 0.25) is 0 Å². The van der Waals surface area contributed by atoms with Gasteiger partial charge in [0.05, 0.1) is 17.4 Å². The van der Waals surface area contributed by atoms with Gasteiger partial charge in [-0.1, -0.05) is 12.1 Å². The molecule has 0 aliphatic heterocycles. The molecular weight excluding hydrogens is 253 g/mol. The minimum atomic E-state index is -4.31. The highest BCUT2D eigenvalue weighted by molar-refractivity contribution is 6.00. The lowest BCUT2D eigenvalue weighted by Gasteiger charge is -2.07. The highest BCUT2D eigenvalue weighted by Gasteiger charge is 2.29. The third-order valence-corrected chi connectivity index (χ3v) is 2.57. The van der Waals surface area contributed by atoms with Crippen molar-refractivity contribution >= 4 is 11.4 Å². The van der Waals surface area contributed by atoms with Crippen LogP contribution in [0, 0.1) is 0 Å². The van der Waals surface area contributed by atoms with E-state index in [9.17, 15) is 13.2 Å². The zero-order valence-corrected chi connectivity index (χ0v) is 10.1. The second-order valence-electron chi connectivity index (χ2n) is 3.98. The van der Waals surface area contributed by atoms with Crippen molar-refractivity contribution < 1.29 is 13.2 Å². The highest BCUT2D eigenvalue weighted by atomic mass is 19.4. The van der Waals surface area contributed by atoms with Crippen LogP contribution in [0.25, 0.3) is 0 Å². The molecule has 1 aromatic heterocycles. The van der Waals surface area contributed by atoms with E-state index < -0.39 is 11.7 Å². The molecule has 2 aromatic rings. The fourth-order valence-corrected chi connectivity index (χ4v) is 1.58. The number of nitrogens with zero attached hydrogens (tertiary/aromatic N) is 2. The van der Waals surface area contributed by atoms with Crippen molar-refractivity contribution in [3.05, 3.63) is 59.9 Å². The van der Waals surface area contributed by atoms with Gasteiger partial charge in [-0.2, -0.15) is 13.2 Å². The zero-order valence-electron chi connectivity index (χ0n) is 10.1. The summed E-state index contributed by atoms with van der Waals surface area (Å²) in [5.74, 6) is 0. The number of rotatable bonds is 2. The molecule has 0 aliphatic carbocycles. The van der Waals surface area contributed by atoms with E-state index in [0.717, 1.165) is 12.1 Å². The number of benzene rings is 1. The molecule has 0 unspecified atom stereocenters. The van der Waals surface area contributed by atoms with Crippen molar-refractivity contribution in [2.24, 2.45) is 4.99 Å². The van der Waals surface area contributed by atoms with Crippen LogP contribution in [0.3, 0.4) is 0 Å². The summed E-state index contributed by atoms with van der Waals surface area (Å²) in [5, 5.41) is 0. The van der Waals surface area contributed by atoms with Gasteiger partial charge in [-0.15, -0.1) is 0 Å². The Balaban J connectivity index is 2.25. The Hall–Kier alpha value is -2.17. The quantitative estimate of drug-likeness (QED) is 0.745. The van der Waals surface area contributed by atoms with Gasteiger partial charge in [0.2, 0.25) is 0 Å². The molecule has 1 aromatic carbocycles. The summed E-state index contributed by atoms with van der Waals surface area (Å²) >= 11 is 0. The summed E-state index contributed by atoms with van der Waals surface area (Å²) in [6.07, 6.45) is -1.09. The van der Waals surface area contributed by atoms with Gasteiger partial charge in [0.15, 0.2) is 0 Å². The van der Waals surface area contributed by atoms with Gasteiger partial charge in [-0.05, 0) is 36.8 Å². The Morgan fingerprint density at radius 3 is 2.32 bits per heavy atom. The molecular formula is C14H11F3N2. The molecule has 0 atom stereocenters. The molecule has 0 bridgehead atoms. The van der Waals surface area contributed by atoms with E-state index in [-0.39, 0.29) is 0 Å². The molecule has 1 heterocycles. The maximum atomic E-state index is 12.4. The van der Waals surface area contributed by atoms with Crippen LogP contribution >= 0.6 is 0 Å². The molecule has 2 rings (SSSR count). The zero-order chi connectivity index (χ0) is 13.9. The molecule has 0 saturated heterocycles. The Bertz CT molecular complexity index is 572. The van der Waals surface area contributed by atoms with Gasteiger partial charge in [0, 0.05) is 11.9 Å². The lowest BCUT2D eigenvalue weighted by Crippen LogP contribution is -2.05. The van der Waals surface area contributed by atoms with E-state index in [4.69, 9.17) is 0 Å². The Morgan fingerprint density at radius 2 is 1.79 bits per heavy atom. The summed E-state index contributed by atoms with van der Waals surface area (Å²) in [5.41, 5.74) is 1.30. The molecule has 19 heavy (non-hydrogen) atoms. The van der Waals surface area contributed by atoms with E-state index in [1.807, 2.05) is 0 Å². The van der Waals surface area contributed by atoms with Gasteiger partial charge in [0.25, 0.3) is 0 Å². The molecule has 0 aliphatic rings. The monoisotopic (exact) mass is 264 g/mol. The van der Waals surface area contributed by atoms with Crippen LogP contribution < -0.4 is 0 Å². The summed E-state index contributed by atoms with van der Waals surface area (Å²) in [6.45, 7) is 1.75. The third kappa shape index (κ3) is 3.40. The summed E-state index contributed by atoms with van der Waals surface area (Å²) in [4.78, 5) is 8.22. The molecule has 0 spiro atoms. The summed E-state index contributed by atoms with van der Waals surface area (Å²) < 4.78 is 37.3. The molecule has 0 amide bonds. The number of halogens is 3. The Labute approximate surface area is 108 Å². The first-order valence-electron chi connectivity index (χ1n) is 5.60. The maximum absolute atomic E-state index is 12.4. The molecule has 0 saturated carbocycles. The standard InChI is InChI=1S/C14H11F3N2/c1-10(19-13-3-2-8-18-9-13)11-4-6-12(7-5-11)14(15,16)17/h2-9H,1H3. The molecule has 0 radical (unpaired) electrons. The Kier molecular flexibility index (Phi) is 3.64. The predicted octanol–water partition coefficient (Wildman–Crippen LogP) is 4.24. The van der Waals surface area contributed by atoms with Crippen LogP contribution in [0.15, 0.2) is 53.8 Å². The number of pyridine rings is 1. The van der Waals surface area contributed by atoms with Crippen LogP contribution in [-0.4, -0.2) is 10.7 Å². The highest BCUT2D eigenvalue weighted by Crippen LogP contribution is 2.29. The van der Waals surface area contributed by atoms with E-state index >= 15 is 0 Å². The fraction of sp³-hybridized carbons (Fsp3) is 0.143. The van der Waals surface area contributed by atoms with Crippen molar-refractivity contribution in [1.82, 2.24) is 4.98 Å². The smallest absolute Gasteiger partial charge is 0.262 e. The molecule has 2 nitrogen and oxygen atoms in total. The lowest BCUT2D eigenvalue weighted by atomic mass is 10.1. The van der Waals surface area contributed by atoms with Crippen molar-refractivity contribution in [1.29, 1.82) is 0 Å². The van der Waals surface area contributed by atoms with Gasteiger partial charge >= 0.3 is 6.18 Å². The van der Waals surface area contributed by atoms with E-state index in [0.29, 0.717) is 17.0 Å². The first-order chi connectivity index (χ1) is 8.97. The van der Waals surface area contributed by atoms with Crippen LogP contribution in [0.1, 0.15) is 18.1 Å². The first kappa shape index (κ1) is 13.3. The number of hydrogen-bond acceptors (Lipinski definition) is 2. The summed E-state index contributed by atoms with van der Waals surface area (Å²) in [7, 11) is 0. The molecule has 0 fully saturated rings. The Morgan fingerprint density at radius 1 is 1.11 bits per heavy atom. The van der Waals surface area contributed by atoms with Gasteiger partial charge < -0.3 is 0 Å². The second kappa shape index (κ2) is 5.22. The fourth-order valence-electron chi connectivity index (χ4n) is 1.58. The van der Waals surface area contributed by atoms with Crippen LogP contribution in [0.5, 0.6) is 0 Å². The first-order valence-corrected chi connectivity index (χ1v) is 5.60. The van der Waals surface area contributed by atoms with Crippen molar-refractivity contribution in [3.8, 4) is 0 Å². The van der Waals surface area contributed by atoms with E-state index in [1.165, 1.54) is 12.1 Å². The molecule has 5 heteroatoms. The number of aromatic nitrogens is 1.